The largest absolute Gasteiger partial charge is 0.391 e. The van der Waals surface area contributed by atoms with E-state index in [-0.39, 0.29) is 11.8 Å². The van der Waals surface area contributed by atoms with Gasteiger partial charge in [-0.15, -0.1) is 11.3 Å². The van der Waals surface area contributed by atoms with Crippen molar-refractivity contribution in [3.63, 3.8) is 0 Å². The molecule has 1 heterocycles. The van der Waals surface area contributed by atoms with Crippen molar-refractivity contribution in [1.29, 1.82) is 0 Å². The molecule has 0 saturated heterocycles. The van der Waals surface area contributed by atoms with Crippen LogP contribution in [-0.4, -0.2) is 23.7 Å². The van der Waals surface area contributed by atoms with E-state index in [0.29, 0.717) is 6.54 Å². The van der Waals surface area contributed by atoms with E-state index in [2.05, 4.69) is 5.32 Å². The van der Waals surface area contributed by atoms with Gasteiger partial charge in [0, 0.05) is 11.4 Å². The van der Waals surface area contributed by atoms with Crippen LogP contribution < -0.4 is 5.32 Å². The number of carbonyl (C=O) groups excluding carboxylic acids is 1. The van der Waals surface area contributed by atoms with Crippen LogP contribution in [0.3, 0.4) is 0 Å². The van der Waals surface area contributed by atoms with Gasteiger partial charge in [0.1, 0.15) is 0 Å². The zero-order chi connectivity index (χ0) is 13.0. The molecule has 2 N–H and O–H groups in total. The fourth-order valence-electron chi connectivity index (χ4n) is 1.44. The average molecular weight is 255 g/mol. The summed E-state index contributed by atoms with van der Waals surface area (Å²) in [7, 11) is 0. The minimum absolute atomic E-state index is 0.0893. The molecule has 1 amide bonds. The molecule has 0 bridgehead atoms. The van der Waals surface area contributed by atoms with Gasteiger partial charge in [0.15, 0.2) is 0 Å². The van der Waals surface area contributed by atoms with E-state index in [1.54, 1.807) is 0 Å². The predicted octanol–water partition coefficient (Wildman–Crippen LogP) is 2.50. The maximum absolute atomic E-state index is 11.8. The lowest BCUT2D eigenvalue weighted by atomic mass is 10.0. The summed E-state index contributed by atoms with van der Waals surface area (Å²) in [6, 6.07) is 1.89. The van der Waals surface area contributed by atoms with Gasteiger partial charge < -0.3 is 10.4 Å². The number of hydrogen-bond donors (Lipinski definition) is 2. The molecule has 0 aromatic carbocycles. The number of carbonyl (C=O) groups is 1. The molecule has 0 spiro atoms. The van der Waals surface area contributed by atoms with Crippen molar-refractivity contribution >= 4 is 17.2 Å². The van der Waals surface area contributed by atoms with Gasteiger partial charge in [-0.1, -0.05) is 20.3 Å². The summed E-state index contributed by atoms with van der Waals surface area (Å²) in [5.41, 5.74) is 1.14. The second kappa shape index (κ2) is 6.17. The molecule has 3 nitrogen and oxygen atoms in total. The van der Waals surface area contributed by atoms with Crippen LogP contribution in [0.15, 0.2) is 6.07 Å². The van der Waals surface area contributed by atoms with Crippen molar-refractivity contribution in [2.24, 2.45) is 5.92 Å². The SMILES string of the molecule is CCC(C)C(O)CNC(=O)c1cc(C)c(C)s1. The van der Waals surface area contributed by atoms with Gasteiger partial charge in [-0.05, 0) is 31.4 Å². The number of nitrogens with one attached hydrogen (secondary N) is 1. The summed E-state index contributed by atoms with van der Waals surface area (Å²) < 4.78 is 0. The highest BCUT2D eigenvalue weighted by Crippen LogP contribution is 2.20. The molecule has 0 aliphatic carbocycles. The first-order valence-electron chi connectivity index (χ1n) is 5.99. The third kappa shape index (κ3) is 3.82. The molecule has 0 saturated carbocycles. The van der Waals surface area contributed by atoms with Crippen molar-refractivity contribution in [1.82, 2.24) is 5.32 Å². The summed E-state index contributed by atoms with van der Waals surface area (Å²) in [4.78, 5) is 13.7. The highest BCUT2D eigenvalue weighted by atomic mass is 32.1. The second-order valence-corrected chi connectivity index (χ2v) is 5.77. The summed E-state index contributed by atoms with van der Waals surface area (Å²) in [5.74, 6) is 0.121. The normalized spacial score (nSPS) is 14.4. The maximum Gasteiger partial charge on any atom is 0.261 e. The highest BCUT2D eigenvalue weighted by molar-refractivity contribution is 7.14. The smallest absolute Gasteiger partial charge is 0.261 e. The topological polar surface area (TPSA) is 49.3 Å². The van der Waals surface area contributed by atoms with E-state index in [9.17, 15) is 9.90 Å². The van der Waals surface area contributed by atoms with Crippen LogP contribution in [0.2, 0.25) is 0 Å². The molecule has 0 aliphatic heterocycles. The lowest BCUT2D eigenvalue weighted by molar-refractivity contribution is 0.0853. The Labute approximate surface area is 107 Å². The molecule has 2 atom stereocenters. The van der Waals surface area contributed by atoms with Crippen LogP contribution in [-0.2, 0) is 0 Å². The zero-order valence-electron chi connectivity index (χ0n) is 10.9. The lowest BCUT2D eigenvalue weighted by Gasteiger charge is -2.17. The Bertz CT molecular complexity index is 367. The van der Waals surface area contributed by atoms with E-state index in [0.717, 1.165) is 21.7 Å². The van der Waals surface area contributed by atoms with E-state index in [1.165, 1.54) is 11.3 Å². The molecule has 4 heteroatoms. The van der Waals surface area contributed by atoms with Crippen molar-refractivity contribution in [2.75, 3.05) is 6.54 Å². The number of aliphatic hydroxyl groups excluding tert-OH is 1. The Morgan fingerprint density at radius 2 is 2.18 bits per heavy atom. The summed E-state index contributed by atoms with van der Waals surface area (Å²) in [5, 5.41) is 12.5. The van der Waals surface area contributed by atoms with Gasteiger partial charge in [-0.2, -0.15) is 0 Å². The molecule has 2 unspecified atom stereocenters. The number of rotatable bonds is 5. The molecule has 0 radical (unpaired) electrons. The molecule has 1 rings (SSSR count). The number of aryl methyl sites for hydroxylation is 2. The van der Waals surface area contributed by atoms with Crippen molar-refractivity contribution in [2.45, 2.75) is 40.2 Å². The lowest BCUT2D eigenvalue weighted by Crippen LogP contribution is -2.35. The Morgan fingerprint density at radius 3 is 2.65 bits per heavy atom. The van der Waals surface area contributed by atoms with Crippen LogP contribution in [0.25, 0.3) is 0 Å². The van der Waals surface area contributed by atoms with Crippen molar-refractivity contribution in [3.05, 3.63) is 21.4 Å². The molecule has 1 aromatic rings. The minimum atomic E-state index is -0.467. The van der Waals surface area contributed by atoms with E-state index in [1.807, 2.05) is 33.8 Å². The van der Waals surface area contributed by atoms with Crippen LogP contribution in [0.5, 0.6) is 0 Å². The Hall–Kier alpha value is -0.870. The number of aliphatic hydroxyl groups is 1. The first-order valence-corrected chi connectivity index (χ1v) is 6.80. The highest BCUT2D eigenvalue weighted by Gasteiger charge is 2.15. The third-order valence-electron chi connectivity index (χ3n) is 3.16. The van der Waals surface area contributed by atoms with Crippen LogP contribution in [0.4, 0.5) is 0 Å². The van der Waals surface area contributed by atoms with E-state index in [4.69, 9.17) is 0 Å². The first kappa shape index (κ1) is 14.2. The zero-order valence-corrected chi connectivity index (χ0v) is 11.7. The average Bonchev–Trinajstić information content (AvgIpc) is 2.65. The monoisotopic (exact) mass is 255 g/mol. The van der Waals surface area contributed by atoms with Crippen LogP contribution in [0.1, 0.15) is 40.4 Å². The van der Waals surface area contributed by atoms with Crippen molar-refractivity contribution in [3.8, 4) is 0 Å². The molecule has 17 heavy (non-hydrogen) atoms. The Kier molecular flexibility index (Phi) is 5.15. The minimum Gasteiger partial charge on any atom is -0.391 e. The predicted molar refractivity (Wildman–Crippen MR) is 71.6 cm³/mol. The van der Waals surface area contributed by atoms with Gasteiger partial charge in [0.2, 0.25) is 0 Å². The second-order valence-electron chi connectivity index (χ2n) is 4.51. The molecular weight excluding hydrogens is 234 g/mol. The standard InChI is InChI=1S/C13H21NO2S/c1-5-8(2)11(15)7-14-13(16)12-6-9(3)10(4)17-12/h6,8,11,15H,5,7H2,1-4H3,(H,14,16). The van der Waals surface area contributed by atoms with Gasteiger partial charge in [0.25, 0.3) is 5.91 Å². The van der Waals surface area contributed by atoms with Crippen LogP contribution >= 0.6 is 11.3 Å². The summed E-state index contributed by atoms with van der Waals surface area (Å²) in [6.07, 6.45) is 0.444. The van der Waals surface area contributed by atoms with E-state index >= 15 is 0 Å². The third-order valence-corrected chi connectivity index (χ3v) is 4.31. The first-order chi connectivity index (χ1) is 7.95. The quantitative estimate of drug-likeness (QED) is 0.849. The number of hydrogen-bond acceptors (Lipinski definition) is 3. The molecule has 1 aromatic heterocycles. The molecule has 96 valence electrons. The number of thiophene rings is 1. The van der Waals surface area contributed by atoms with Crippen LogP contribution in [0, 0.1) is 19.8 Å². The summed E-state index contributed by atoms with van der Waals surface area (Å²) >= 11 is 1.49. The maximum atomic E-state index is 11.8. The fourth-order valence-corrected chi connectivity index (χ4v) is 2.39. The van der Waals surface area contributed by atoms with E-state index < -0.39 is 6.10 Å². The summed E-state index contributed by atoms with van der Waals surface area (Å²) in [6.45, 7) is 8.34. The Morgan fingerprint density at radius 1 is 1.53 bits per heavy atom. The van der Waals surface area contributed by atoms with Crippen molar-refractivity contribution < 1.29 is 9.90 Å². The molecule has 0 fully saturated rings. The Balaban J connectivity index is 2.50. The molecule has 0 aliphatic rings. The number of amides is 1. The molecular formula is C13H21NO2S. The van der Waals surface area contributed by atoms with Gasteiger partial charge in [-0.3, -0.25) is 4.79 Å². The van der Waals surface area contributed by atoms with Gasteiger partial charge in [0.05, 0.1) is 11.0 Å². The van der Waals surface area contributed by atoms with Gasteiger partial charge in [-0.25, -0.2) is 0 Å². The van der Waals surface area contributed by atoms with Gasteiger partial charge >= 0.3 is 0 Å². The fraction of sp³-hybridized carbons (Fsp3) is 0.615.